The second-order valence-electron chi connectivity index (χ2n) is 3.29. The average Bonchev–Trinajstić information content (AvgIpc) is 2.63. The van der Waals surface area contributed by atoms with Gasteiger partial charge in [0.2, 0.25) is 5.78 Å². The van der Waals surface area contributed by atoms with Gasteiger partial charge in [0.15, 0.2) is 5.84 Å². The van der Waals surface area contributed by atoms with Crippen LogP contribution >= 0.6 is 15.9 Å². The van der Waals surface area contributed by atoms with Crippen molar-refractivity contribution >= 4 is 27.5 Å². The van der Waals surface area contributed by atoms with Crippen LogP contribution in [0.4, 0.5) is 0 Å². The number of hydrogen-bond acceptors (Lipinski definition) is 4. The number of benzene rings is 1. The fraction of sp³-hybridized carbons (Fsp3) is 0.200. The molecule has 0 bridgehead atoms. The predicted octanol–water partition coefficient (Wildman–Crippen LogP) is 1.44. The topological polar surface area (TPSA) is 44.7 Å². The number of nitrogens with one attached hydrogen (secondary N) is 1. The number of hydrazone groups is 1. The number of carbonyl (C=O) groups excluding carboxylic acids is 1. The first-order valence-electron chi connectivity index (χ1n) is 4.50. The Hall–Kier alpha value is -1.36. The maximum absolute atomic E-state index is 12.0. The van der Waals surface area contributed by atoms with Crippen LogP contribution in [0.5, 0.6) is 0 Å². The van der Waals surface area contributed by atoms with Crippen LogP contribution in [0.25, 0.3) is 0 Å². The molecule has 0 unspecified atom stereocenters. The Balaban J connectivity index is 2.28. The van der Waals surface area contributed by atoms with Gasteiger partial charge in [0, 0.05) is 17.1 Å². The third-order valence-corrected chi connectivity index (χ3v) is 2.64. The molecule has 0 fully saturated rings. The first kappa shape index (κ1) is 10.2. The minimum Gasteiger partial charge on any atom is -0.336 e. The zero-order valence-electron chi connectivity index (χ0n) is 8.20. The molecule has 5 heteroatoms. The number of rotatable bonds is 2. The van der Waals surface area contributed by atoms with Gasteiger partial charge in [0.1, 0.15) is 6.67 Å². The van der Waals surface area contributed by atoms with E-state index in [9.17, 15) is 4.79 Å². The Morgan fingerprint density at radius 1 is 1.60 bits per heavy atom. The molecular formula is C10H10BrN3O. The Morgan fingerprint density at radius 2 is 2.40 bits per heavy atom. The summed E-state index contributed by atoms with van der Waals surface area (Å²) in [6, 6.07) is 7.29. The van der Waals surface area contributed by atoms with E-state index < -0.39 is 0 Å². The van der Waals surface area contributed by atoms with E-state index in [1.165, 1.54) is 0 Å². The Kier molecular flexibility index (Phi) is 2.73. The number of ketones is 1. The molecule has 0 saturated carbocycles. The monoisotopic (exact) mass is 267 g/mol. The van der Waals surface area contributed by atoms with Gasteiger partial charge < -0.3 is 4.90 Å². The van der Waals surface area contributed by atoms with Gasteiger partial charge in [0.05, 0.1) is 0 Å². The Morgan fingerprint density at radius 3 is 3.00 bits per heavy atom. The van der Waals surface area contributed by atoms with E-state index in [0.717, 1.165) is 4.47 Å². The van der Waals surface area contributed by atoms with Crippen molar-refractivity contribution < 1.29 is 4.79 Å². The molecule has 0 radical (unpaired) electrons. The molecule has 0 saturated heterocycles. The van der Waals surface area contributed by atoms with Crippen LogP contribution in [0.15, 0.2) is 33.8 Å². The molecule has 78 valence electrons. The summed E-state index contributed by atoms with van der Waals surface area (Å²) in [5, 5.41) is 3.95. The standard InChI is InChI=1S/C10H10BrN3O/c1-14-6-12-13-10(14)9(15)7-3-2-4-8(11)5-7/h2-5,12H,6H2,1H3. The maximum atomic E-state index is 12.0. The summed E-state index contributed by atoms with van der Waals surface area (Å²) in [6.07, 6.45) is 0. The molecule has 1 aliphatic rings. The third-order valence-electron chi connectivity index (χ3n) is 2.14. The lowest BCUT2D eigenvalue weighted by molar-refractivity contribution is 0.105. The van der Waals surface area contributed by atoms with Crippen molar-refractivity contribution in [3.05, 3.63) is 34.3 Å². The molecule has 0 spiro atoms. The third kappa shape index (κ3) is 2.02. The van der Waals surface area contributed by atoms with Crippen LogP contribution in [0, 0.1) is 0 Å². The summed E-state index contributed by atoms with van der Waals surface area (Å²) in [5.74, 6) is 0.386. The van der Waals surface area contributed by atoms with E-state index in [2.05, 4.69) is 26.5 Å². The maximum Gasteiger partial charge on any atom is 0.229 e. The molecule has 0 aliphatic carbocycles. The lowest BCUT2D eigenvalue weighted by Gasteiger charge is -2.10. The molecule has 15 heavy (non-hydrogen) atoms. The number of halogens is 1. The van der Waals surface area contributed by atoms with Gasteiger partial charge in [-0.2, -0.15) is 5.10 Å². The Bertz CT molecular complexity index is 430. The van der Waals surface area contributed by atoms with Crippen molar-refractivity contribution in [2.24, 2.45) is 5.10 Å². The van der Waals surface area contributed by atoms with Gasteiger partial charge >= 0.3 is 0 Å². The molecule has 0 aromatic heterocycles. The molecular weight excluding hydrogens is 258 g/mol. The fourth-order valence-corrected chi connectivity index (χ4v) is 1.76. The van der Waals surface area contributed by atoms with E-state index in [0.29, 0.717) is 18.1 Å². The van der Waals surface area contributed by atoms with Gasteiger partial charge in [-0.05, 0) is 12.1 Å². The zero-order chi connectivity index (χ0) is 10.8. The minimum absolute atomic E-state index is 0.0659. The normalized spacial score (nSPS) is 14.8. The van der Waals surface area contributed by atoms with Gasteiger partial charge in [-0.1, -0.05) is 28.1 Å². The second kappa shape index (κ2) is 4.02. The van der Waals surface area contributed by atoms with Gasteiger partial charge in [-0.15, -0.1) is 0 Å². The van der Waals surface area contributed by atoms with Gasteiger partial charge in [-0.25, -0.2) is 0 Å². The number of hydrogen-bond donors (Lipinski definition) is 1. The van der Waals surface area contributed by atoms with Crippen molar-refractivity contribution in [2.75, 3.05) is 13.7 Å². The van der Waals surface area contributed by atoms with Crippen molar-refractivity contribution in [1.29, 1.82) is 0 Å². The highest BCUT2D eigenvalue weighted by Crippen LogP contribution is 2.13. The van der Waals surface area contributed by atoms with Crippen LogP contribution in [0.1, 0.15) is 10.4 Å². The fourth-order valence-electron chi connectivity index (χ4n) is 1.36. The quantitative estimate of drug-likeness (QED) is 0.825. The Labute approximate surface area is 96.1 Å². The first-order chi connectivity index (χ1) is 7.18. The van der Waals surface area contributed by atoms with E-state index in [1.807, 2.05) is 19.2 Å². The van der Waals surface area contributed by atoms with Gasteiger partial charge in [-0.3, -0.25) is 10.2 Å². The summed E-state index contributed by atoms with van der Waals surface area (Å²) < 4.78 is 0.891. The SMILES string of the molecule is CN1CNN=C1C(=O)c1cccc(Br)c1. The lowest BCUT2D eigenvalue weighted by Crippen LogP contribution is -2.30. The first-order valence-corrected chi connectivity index (χ1v) is 5.30. The van der Waals surface area contributed by atoms with Crippen LogP contribution in [-0.2, 0) is 0 Å². The lowest BCUT2D eigenvalue weighted by atomic mass is 10.1. The number of Topliss-reactive ketones (excluding diaryl/α,β-unsaturated/α-hetero) is 1. The average molecular weight is 268 g/mol. The summed E-state index contributed by atoms with van der Waals surface area (Å²) in [4.78, 5) is 13.8. The van der Waals surface area contributed by atoms with Crippen molar-refractivity contribution in [2.45, 2.75) is 0 Å². The van der Waals surface area contributed by atoms with Crippen LogP contribution in [0.2, 0.25) is 0 Å². The molecule has 0 atom stereocenters. The minimum atomic E-state index is -0.0659. The van der Waals surface area contributed by atoms with Crippen molar-refractivity contribution in [3.8, 4) is 0 Å². The van der Waals surface area contributed by atoms with Crippen LogP contribution < -0.4 is 5.43 Å². The number of likely N-dealkylation sites (N-methyl/N-ethyl adjacent to an activating group) is 1. The highest BCUT2D eigenvalue weighted by molar-refractivity contribution is 9.10. The predicted molar refractivity (Wildman–Crippen MR) is 61.7 cm³/mol. The highest BCUT2D eigenvalue weighted by atomic mass is 79.9. The molecule has 2 rings (SSSR count). The van der Waals surface area contributed by atoms with Crippen LogP contribution in [-0.4, -0.2) is 30.2 Å². The summed E-state index contributed by atoms with van der Waals surface area (Å²) >= 11 is 3.33. The molecule has 1 heterocycles. The molecule has 1 aliphatic heterocycles. The summed E-state index contributed by atoms with van der Waals surface area (Å²) in [6.45, 7) is 0.578. The van der Waals surface area contributed by atoms with E-state index in [4.69, 9.17) is 0 Å². The molecule has 1 aromatic carbocycles. The molecule has 0 amide bonds. The van der Waals surface area contributed by atoms with E-state index >= 15 is 0 Å². The number of carbonyl (C=O) groups is 1. The molecule has 1 aromatic rings. The summed E-state index contributed by atoms with van der Waals surface area (Å²) in [7, 11) is 1.83. The number of amidine groups is 1. The number of nitrogens with zero attached hydrogens (tertiary/aromatic N) is 2. The smallest absolute Gasteiger partial charge is 0.229 e. The van der Waals surface area contributed by atoms with Gasteiger partial charge in [0.25, 0.3) is 0 Å². The largest absolute Gasteiger partial charge is 0.336 e. The summed E-state index contributed by atoms with van der Waals surface area (Å²) in [5.41, 5.74) is 3.41. The van der Waals surface area contributed by atoms with E-state index in [-0.39, 0.29) is 5.78 Å². The van der Waals surface area contributed by atoms with Crippen molar-refractivity contribution in [1.82, 2.24) is 10.3 Å². The molecule has 1 N–H and O–H groups in total. The van der Waals surface area contributed by atoms with Crippen LogP contribution in [0.3, 0.4) is 0 Å². The molecule has 4 nitrogen and oxygen atoms in total. The highest BCUT2D eigenvalue weighted by Gasteiger charge is 2.21. The van der Waals surface area contributed by atoms with Crippen molar-refractivity contribution in [3.63, 3.8) is 0 Å². The van der Waals surface area contributed by atoms with E-state index in [1.54, 1.807) is 17.0 Å². The zero-order valence-corrected chi connectivity index (χ0v) is 9.78. The second-order valence-corrected chi connectivity index (χ2v) is 4.20.